The van der Waals surface area contributed by atoms with Gasteiger partial charge in [-0.15, -0.1) is 0 Å². The van der Waals surface area contributed by atoms with Gasteiger partial charge in [-0.3, -0.25) is 4.79 Å². The maximum atomic E-state index is 10.6. The van der Waals surface area contributed by atoms with Crippen LogP contribution in [-0.4, -0.2) is 13.4 Å². The van der Waals surface area contributed by atoms with E-state index in [9.17, 15) is 4.79 Å². The molecule has 1 aliphatic carbocycles. The van der Waals surface area contributed by atoms with Crippen molar-refractivity contribution in [1.29, 1.82) is 0 Å². The number of methoxy groups -OCH3 is 1. The van der Waals surface area contributed by atoms with Crippen molar-refractivity contribution in [2.75, 3.05) is 7.11 Å². The predicted molar refractivity (Wildman–Crippen MR) is 47.6 cm³/mol. The monoisotopic (exact) mass is 164 g/mol. The molecule has 0 fully saturated rings. The summed E-state index contributed by atoms with van der Waals surface area (Å²) in [6, 6.07) is 0. The van der Waals surface area contributed by atoms with Crippen molar-refractivity contribution in [2.45, 2.75) is 13.3 Å². The summed E-state index contributed by atoms with van der Waals surface area (Å²) in [5.41, 5.74) is 1.72. The number of allylic oxidation sites excluding steroid dienone is 5. The molecule has 2 heteroatoms. The molecular weight excluding hydrogens is 152 g/mol. The lowest BCUT2D eigenvalue weighted by Gasteiger charge is -2.06. The van der Waals surface area contributed by atoms with E-state index in [0.29, 0.717) is 6.42 Å². The summed E-state index contributed by atoms with van der Waals surface area (Å²) < 4.78 is 5.11. The topological polar surface area (TPSA) is 26.3 Å². The summed E-state index contributed by atoms with van der Waals surface area (Å²) in [4.78, 5) is 10.6. The van der Waals surface area contributed by atoms with Gasteiger partial charge in [0.2, 0.25) is 0 Å². The van der Waals surface area contributed by atoms with Crippen LogP contribution in [0.25, 0.3) is 0 Å². The Hall–Kier alpha value is -1.31. The zero-order valence-corrected chi connectivity index (χ0v) is 7.33. The molecule has 0 aromatic carbocycles. The molecule has 2 nitrogen and oxygen atoms in total. The summed E-state index contributed by atoms with van der Waals surface area (Å²) >= 11 is 0. The molecule has 0 bridgehead atoms. The third-order valence-corrected chi connectivity index (χ3v) is 1.93. The fourth-order valence-corrected chi connectivity index (χ4v) is 1.14. The smallest absolute Gasteiger partial charge is 0.146 e. The number of aldehydes is 1. The van der Waals surface area contributed by atoms with Crippen LogP contribution in [0.1, 0.15) is 13.3 Å². The van der Waals surface area contributed by atoms with Crippen LogP contribution in [0.2, 0.25) is 0 Å². The van der Waals surface area contributed by atoms with Crippen molar-refractivity contribution >= 4 is 6.29 Å². The Bertz CT molecular complexity index is 270. The normalized spacial score (nSPS) is 17.0. The van der Waals surface area contributed by atoms with Crippen molar-refractivity contribution < 1.29 is 9.53 Å². The first-order chi connectivity index (χ1) is 5.79. The minimum Gasteiger partial charge on any atom is -0.496 e. The molecule has 0 unspecified atom stereocenters. The first-order valence-corrected chi connectivity index (χ1v) is 3.85. The Morgan fingerprint density at radius 2 is 2.33 bits per heavy atom. The second-order valence-corrected chi connectivity index (χ2v) is 2.64. The van der Waals surface area contributed by atoms with Crippen molar-refractivity contribution in [2.24, 2.45) is 0 Å². The van der Waals surface area contributed by atoms with E-state index in [-0.39, 0.29) is 0 Å². The highest BCUT2D eigenvalue weighted by atomic mass is 16.5. The third-order valence-electron chi connectivity index (χ3n) is 1.93. The molecule has 0 N–H and O–H groups in total. The molecule has 64 valence electrons. The van der Waals surface area contributed by atoms with E-state index in [1.54, 1.807) is 7.11 Å². The minimum absolute atomic E-state index is 0.693. The maximum absolute atomic E-state index is 10.6. The zero-order valence-electron chi connectivity index (χ0n) is 7.33. The second kappa shape index (κ2) is 3.90. The van der Waals surface area contributed by atoms with Crippen LogP contribution in [0.4, 0.5) is 0 Å². The Kier molecular flexibility index (Phi) is 2.86. The molecule has 0 aliphatic heterocycles. The highest BCUT2D eigenvalue weighted by Gasteiger charge is 2.07. The van der Waals surface area contributed by atoms with Crippen LogP contribution in [0.5, 0.6) is 0 Å². The second-order valence-electron chi connectivity index (χ2n) is 2.64. The largest absolute Gasteiger partial charge is 0.496 e. The molecule has 0 amide bonds. The molecule has 0 aromatic rings. The molecule has 0 heterocycles. The van der Waals surface area contributed by atoms with Crippen LogP contribution >= 0.6 is 0 Å². The van der Waals surface area contributed by atoms with Gasteiger partial charge in [-0.1, -0.05) is 12.2 Å². The Morgan fingerprint density at radius 3 is 2.92 bits per heavy atom. The van der Waals surface area contributed by atoms with E-state index in [1.807, 2.05) is 25.2 Å². The quantitative estimate of drug-likeness (QED) is 0.583. The third kappa shape index (κ3) is 1.64. The molecule has 0 aromatic heterocycles. The van der Waals surface area contributed by atoms with E-state index in [2.05, 4.69) is 0 Å². The number of hydrogen-bond donors (Lipinski definition) is 0. The highest BCUT2D eigenvalue weighted by molar-refractivity contribution is 5.76. The fourth-order valence-electron chi connectivity index (χ4n) is 1.14. The average molecular weight is 164 g/mol. The highest BCUT2D eigenvalue weighted by Crippen LogP contribution is 2.19. The molecule has 12 heavy (non-hydrogen) atoms. The van der Waals surface area contributed by atoms with E-state index >= 15 is 0 Å². The number of hydrogen-bond acceptors (Lipinski definition) is 2. The summed E-state index contributed by atoms with van der Waals surface area (Å²) in [5.74, 6) is 0.769. The molecular formula is C10H12O2. The van der Waals surface area contributed by atoms with Crippen LogP contribution in [0.15, 0.2) is 35.1 Å². The van der Waals surface area contributed by atoms with Gasteiger partial charge in [0.05, 0.1) is 7.11 Å². The first kappa shape index (κ1) is 8.78. The van der Waals surface area contributed by atoms with Crippen molar-refractivity contribution in [3.05, 3.63) is 35.1 Å². The van der Waals surface area contributed by atoms with E-state index in [4.69, 9.17) is 4.74 Å². The molecule has 0 saturated heterocycles. The molecule has 0 atom stereocenters. The van der Waals surface area contributed by atoms with Gasteiger partial charge < -0.3 is 4.74 Å². The van der Waals surface area contributed by atoms with Gasteiger partial charge in [0.1, 0.15) is 12.0 Å². The number of carbonyl (C=O) groups excluding carboxylic acids is 1. The average Bonchev–Trinajstić information content (AvgIpc) is 2.27. The van der Waals surface area contributed by atoms with Gasteiger partial charge in [0.25, 0.3) is 0 Å². The van der Waals surface area contributed by atoms with Crippen molar-refractivity contribution in [3.8, 4) is 0 Å². The number of carbonyl (C=O) groups is 1. The van der Waals surface area contributed by atoms with Gasteiger partial charge in [-0.05, 0) is 25.0 Å². The van der Waals surface area contributed by atoms with Crippen LogP contribution < -0.4 is 0 Å². The molecule has 0 saturated carbocycles. The number of rotatable bonds is 2. The lowest BCUT2D eigenvalue weighted by Crippen LogP contribution is -1.94. The molecule has 1 rings (SSSR count). The van der Waals surface area contributed by atoms with Crippen LogP contribution in [0.3, 0.4) is 0 Å². The lowest BCUT2D eigenvalue weighted by molar-refractivity contribution is -0.105. The van der Waals surface area contributed by atoms with Gasteiger partial charge in [0.15, 0.2) is 0 Å². The van der Waals surface area contributed by atoms with Gasteiger partial charge in [0, 0.05) is 5.57 Å². The summed E-state index contributed by atoms with van der Waals surface area (Å²) in [5, 5.41) is 0. The summed E-state index contributed by atoms with van der Waals surface area (Å²) in [7, 11) is 1.61. The Balaban J connectivity index is 3.05. The Morgan fingerprint density at radius 1 is 1.58 bits per heavy atom. The number of ether oxygens (including phenoxy) is 1. The minimum atomic E-state index is 0.693. The van der Waals surface area contributed by atoms with Crippen molar-refractivity contribution in [1.82, 2.24) is 0 Å². The van der Waals surface area contributed by atoms with Gasteiger partial charge in [-0.2, -0.15) is 0 Å². The van der Waals surface area contributed by atoms with Gasteiger partial charge in [-0.25, -0.2) is 0 Å². The summed E-state index contributed by atoms with van der Waals surface area (Å²) in [6.07, 6.45) is 7.29. The molecule has 0 spiro atoms. The maximum Gasteiger partial charge on any atom is 0.146 e. The van der Waals surface area contributed by atoms with E-state index in [1.165, 1.54) is 0 Å². The SMILES string of the molecule is COC1=CC=CCC(C=O)=C1C. The zero-order chi connectivity index (χ0) is 8.97. The van der Waals surface area contributed by atoms with Crippen LogP contribution in [0, 0.1) is 0 Å². The lowest BCUT2D eigenvalue weighted by atomic mass is 10.1. The van der Waals surface area contributed by atoms with Gasteiger partial charge >= 0.3 is 0 Å². The Labute approximate surface area is 72.2 Å². The first-order valence-electron chi connectivity index (χ1n) is 3.85. The predicted octanol–water partition coefficient (Wildman–Crippen LogP) is 1.99. The van der Waals surface area contributed by atoms with Crippen molar-refractivity contribution in [3.63, 3.8) is 0 Å². The van der Waals surface area contributed by atoms with E-state index in [0.717, 1.165) is 23.2 Å². The standard InChI is InChI=1S/C10H12O2/c1-8-9(7-11)5-3-4-6-10(8)12-2/h3-4,6-7H,5H2,1-2H3. The molecule has 1 aliphatic rings. The molecule has 0 radical (unpaired) electrons. The fraction of sp³-hybridized carbons (Fsp3) is 0.300. The van der Waals surface area contributed by atoms with Crippen LogP contribution in [-0.2, 0) is 9.53 Å². The summed E-state index contributed by atoms with van der Waals surface area (Å²) in [6.45, 7) is 1.89. The van der Waals surface area contributed by atoms with E-state index < -0.39 is 0 Å².